The topological polar surface area (TPSA) is 77.6 Å². The van der Waals surface area contributed by atoms with Gasteiger partial charge >= 0.3 is 0 Å². The Balaban J connectivity index is 1.51. The molecule has 0 saturated heterocycles. The van der Waals surface area contributed by atoms with Crippen molar-refractivity contribution in [3.63, 3.8) is 0 Å². The lowest BCUT2D eigenvalue weighted by Crippen LogP contribution is -2.16. The number of nitrogens with zero attached hydrogens (tertiary/aromatic N) is 5. The van der Waals surface area contributed by atoms with E-state index in [4.69, 9.17) is 0 Å². The third-order valence-corrected chi connectivity index (χ3v) is 4.10. The molecule has 4 aromatic rings. The Morgan fingerprint density at radius 3 is 2.70 bits per heavy atom. The van der Waals surface area contributed by atoms with Gasteiger partial charge in [-0.05, 0) is 24.6 Å². The molecule has 0 atom stereocenters. The van der Waals surface area contributed by atoms with Crippen molar-refractivity contribution < 1.29 is 4.79 Å². The van der Waals surface area contributed by atoms with Crippen LogP contribution in [-0.2, 0) is 6.54 Å². The molecule has 3 aromatic heterocycles. The first-order valence-electron chi connectivity index (χ1n) is 8.53. The summed E-state index contributed by atoms with van der Waals surface area (Å²) in [6.07, 6.45) is 6.69. The Bertz CT molecular complexity index is 1040. The van der Waals surface area contributed by atoms with E-state index >= 15 is 0 Å². The second-order valence-corrected chi connectivity index (χ2v) is 6.14. The van der Waals surface area contributed by atoms with Crippen molar-refractivity contribution in [3.05, 3.63) is 90.3 Å². The van der Waals surface area contributed by atoms with Gasteiger partial charge in [-0.15, -0.1) is 0 Å². The molecule has 0 spiro atoms. The molecular weight excluding hydrogens is 340 g/mol. The predicted octanol–water partition coefficient (Wildman–Crippen LogP) is 3.07. The molecule has 0 unspecified atom stereocenters. The normalized spacial score (nSPS) is 10.7. The number of imidazole rings is 1. The zero-order valence-corrected chi connectivity index (χ0v) is 14.8. The van der Waals surface area contributed by atoms with Gasteiger partial charge in [0, 0.05) is 24.7 Å². The second kappa shape index (κ2) is 7.25. The average molecular weight is 358 g/mol. The summed E-state index contributed by atoms with van der Waals surface area (Å²) in [6, 6.07) is 15.4. The number of aromatic nitrogens is 5. The lowest BCUT2D eigenvalue weighted by Gasteiger charge is -2.09. The van der Waals surface area contributed by atoms with Gasteiger partial charge in [-0.1, -0.05) is 30.3 Å². The maximum absolute atomic E-state index is 12.6. The Hall–Kier alpha value is -3.74. The Morgan fingerprint density at radius 2 is 2.00 bits per heavy atom. The van der Waals surface area contributed by atoms with E-state index in [0.29, 0.717) is 23.7 Å². The number of anilines is 1. The maximum Gasteiger partial charge on any atom is 0.258 e. The van der Waals surface area contributed by atoms with Crippen LogP contribution in [0.2, 0.25) is 0 Å². The number of hydrogen-bond acceptors (Lipinski definition) is 4. The van der Waals surface area contributed by atoms with E-state index in [-0.39, 0.29) is 5.91 Å². The molecular formula is C20H18N6O. The second-order valence-electron chi connectivity index (χ2n) is 6.14. The standard InChI is InChI=1S/C20H18N6O/c1-15-11-19(26(24-15)13-16-5-3-2-4-6-16)23-20(27)17-7-8-18(22-12-17)25-10-9-21-14-25/h2-12,14H,13H2,1H3,(H,23,27). The van der Waals surface area contributed by atoms with Crippen LogP contribution >= 0.6 is 0 Å². The molecule has 1 N–H and O–H groups in total. The molecule has 4 rings (SSSR count). The molecule has 134 valence electrons. The fraction of sp³-hybridized carbons (Fsp3) is 0.100. The molecule has 3 heterocycles. The van der Waals surface area contributed by atoms with Crippen molar-refractivity contribution in [2.45, 2.75) is 13.5 Å². The highest BCUT2D eigenvalue weighted by Crippen LogP contribution is 2.15. The van der Waals surface area contributed by atoms with Crippen molar-refractivity contribution in [2.24, 2.45) is 0 Å². The Morgan fingerprint density at radius 1 is 1.15 bits per heavy atom. The van der Waals surface area contributed by atoms with E-state index in [0.717, 1.165) is 11.3 Å². The van der Waals surface area contributed by atoms with Gasteiger partial charge in [-0.25, -0.2) is 14.6 Å². The summed E-state index contributed by atoms with van der Waals surface area (Å²) in [5, 5.41) is 7.40. The Kier molecular flexibility index (Phi) is 4.49. The van der Waals surface area contributed by atoms with Crippen LogP contribution in [0, 0.1) is 6.92 Å². The number of carbonyl (C=O) groups excluding carboxylic acids is 1. The SMILES string of the molecule is Cc1cc(NC(=O)c2ccc(-n3ccnc3)nc2)n(Cc2ccccc2)n1. The molecule has 7 heteroatoms. The third kappa shape index (κ3) is 3.77. The molecule has 0 radical (unpaired) electrons. The molecule has 0 aliphatic carbocycles. The van der Waals surface area contributed by atoms with E-state index in [1.165, 1.54) is 0 Å². The van der Waals surface area contributed by atoms with Gasteiger partial charge in [0.05, 0.1) is 17.8 Å². The molecule has 0 fully saturated rings. The van der Waals surface area contributed by atoms with Crippen LogP contribution in [-0.4, -0.2) is 30.2 Å². The van der Waals surface area contributed by atoms with Gasteiger partial charge in [-0.3, -0.25) is 9.36 Å². The fourth-order valence-electron chi connectivity index (χ4n) is 2.78. The van der Waals surface area contributed by atoms with Crippen LogP contribution in [0.1, 0.15) is 21.6 Å². The summed E-state index contributed by atoms with van der Waals surface area (Å²) in [5.41, 5.74) is 2.43. The molecule has 1 amide bonds. The van der Waals surface area contributed by atoms with Crippen LogP contribution in [0.5, 0.6) is 0 Å². The number of hydrogen-bond donors (Lipinski definition) is 1. The summed E-state index contributed by atoms with van der Waals surface area (Å²) in [7, 11) is 0. The van der Waals surface area contributed by atoms with Crippen LogP contribution < -0.4 is 5.32 Å². The first-order valence-corrected chi connectivity index (χ1v) is 8.53. The molecule has 0 aliphatic heterocycles. The minimum atomic E-state index is -0.228. The lowest BCUT2D eigenvalue weighted by molar-refractivity contribution is 0.102. The number of rotatable bonds is 5. The van der Waals surface area contributed by atoms with Gasteiger partial charge in [0.15, 0.2) is 0 Å². The highest BCUT2D eigenvalue weighted by molar-refractivity contribution is 6.03. The van der Waals surface area contributed by atoms with Crippen LogP contribution in [0.3, 0.4) is 0 Å². The maximum atomic E-state index is 12.6. The summed E-state index contributed by atoms with van der Waals surface area (Å²) < 4.78 is 3.57. The van der Waals surface area contributed by atoms with Gasteiger partial charge in [0.25, 0.3) is 5.91 Å². The molecule has 0 saturated carbocycles. The fourth-order valence-corrected chi connectivity index (χ4v) is 2.78. The van der Waals surface area contributed by atoms with E-state index < -0.39 is 0 Å². The van der Waals surface area contributed by atoms with E-state index in [1.54, 1.807) is 46.3 Å². The average Bonchev–Trinajstić information content (AvgIpc) is 3.33. The van der Waals surface area contributed by atoms with Crippen LogP contribution in [0.4, 0.5) is 5.82 Å². The number of aryl methyl sites for hydroxylation is 1. The highest BCUT2D eigenvalue weighted by atomic mass is 16.1. The van der Waals surface area contributed by atoms with E-state index in [2.05, 4.69) is 20.4 Å². The number of nitrogens with one attached hydrogen (secondary N) is 1. The minimum absolute atomic E-state index is 0.228. The number of amides is 1. The first-order chi connectivity index (χ1) is 13.2. The zero-order chi connectivity index (χ0) is 18.6. The summed E-state index contributed by atoms with van der Waals surface area (Å²) in [6.45, 7) is 2.49. The number of carbonyl (C=O) groups is 1. The first kappa shape index (κ1) is 16.7. The van der Waals surface area contributed by atoms with Crippen molar-refractivity contribution in [2.75, 3.05) is 5.32 Å². The zero-order valence-electron chi connectivity index (χ0n) is 14.8. The molecule has 27 heavy (non-hydrogen) atoms. The number of pyridine rings is 1. The monoisotopic (exact) mass is 358 g/mol. The summed E-state index contributed by atoms with van der Waals surface area (Å²) >= 11 is 0. The van der Waals surface area contributed by atoms with E-state index in [1.807, 2.05) is 43.3 Å². The summed E-state index contributed by atoms with van der Waals surface area (Å²) in [5.74, 6) is 1.13. The summed E-state index contributed by atoms with van der Waals surface area (Å²) in [4.78, 5) is 20.9. The van der Waals surface area contributed by atoms with Gasteiger partial charge < -0.3 is 5.32 Å². The third-order valence-electron chi connectivity index (χ3n) is 4.10. The molecule has 7 nitrogen and oxygen atoms in total. The molecule has 1 aromatic carbocycles. The largest absolute Gasteiger partial charge is 0.307 e. The smallest absolute Gasteiger partial charge is 0.258 e. The lowest BCUT2D eigenvalue weighted by atomic mass is 10.2. The quantitative estimate of drug-likeness (QED) is 0.595. The highest BCUT2D eigenvalue weighted by Gasteiger charge is 2.12. The van der Waals surface area contributed by atoms with Crippen molar-refractivity contribution in [1.82, 2.24) is 24.3 Å². The van der Waals surface area contributed by atoms with Crippen molar-refractivity contribution in [3.8, 4) is 5.82 Å². The van der Waals surface area contributed by atoms with E-state index in [9.17, 15) is 4.79 Å². The van der Waals surface area contributed by atoms with Gasteiger partial charge in [0.2, 0.25) is 0 Å². The van der Waals surface area contributed by atoms with Crippen molar-refractivity contribution in [1.29, 1.82) is 0 Å². The van der Waals surface area contributed by atoms with Gasteiger partial charge in [-0.2, -0.15) is 5.10 Å². The molecule has 0 aliphatic rings. The van der Waals surface area contributed by atoms with Crippen LogP contribution in [0.25, 0.3) is 5.82 Å². The van der Waals surface area contributed by atoms with Crippen LogP contribution in [0.15, 0.2) is 73.4 Å². The Labute approximate surface area is 156 Å². The van der Waals surface area contributed by atoms with Crippen molar-refractivity contribution >= 4 is 11.7 Å². The minimum Gasteiger partial charge on any atom is -0.307 e. The number of benzene rings is 1. The molecule has 0 bridgehead atoms. The van der Waals surface area contributed by atoms with Gasteiger partial charge in [0.1, 0.15) is 18.0 Å². The predicted molar refractivity (Wildman–Crippen MR) is 102 cm³/mol.